The molecule has 18 heavy (non-hydrogen) atoms. The van der Waals surface area contributed by atoms with Gasteiger partial charge in [-0.1, -0.05) is 24.3 Å². The van der Waals surface area contributed by atoms with E-state index in [1.165, 1.54) is 0 Å². The zero-order valence-electron chi connectivity index (χ0n) is 10.3. The lowest BCUT2D eigenvalue weighted by atomic mass is 10.2. The van der Waals surface area contributed by atoms with E-state index in [-0.39, 0.29) is 0 Å². The summed E-state index contributed by atoms with van der Waals surface area (Å²) in [5, 5.41) is 17.9. The fraction of sp³-hybridized carbons (Fsp3) is 0.154. The van der Waals surface area contributed by atoms with Crippen LogP contribution in [0.2, 0.25) is 0 Å². The predicted molar refractivity (Wildman–Crippen MR) is 70.8 cm³/mol. The summed E-state index contributed by atoms with van der Waals surface area (Å²) in [6.45, 7) is 1.96. The van der Waals surface area contributed by atoms with Crippen molar-refractivity contribution in [2.45, 2.75) is 6.92 Å². The van der Waals surface area contributed by atoms with E-state index in [1.54, 1.807) is 10.9 Å². The molecule has 0 aliphatic rings. The summed E-state index contributed by atoms with van der Waals surface area (Å²) in [4.78, 5) is 0. The highest BCUT2D eigenvalue weighted by Crippen LogP contribution is 2.24. The smallest absolute Gasteiger partial charge is 0.161 e. The number of hydrogen-bond acceptors (Lipinski definition) is 4. The zero-order valence-corrected chi connectivity index (χ0v) is 10.3. The highest BCUT2D eigenvalue weighted by molar-refractivity contribution is 5.92. The van der Waals surface area contributed by atoms with Crippen LogP contribution in [-0.2, 0) is 7.05 Å². The van der Waals surface area contributed by atoms with E-state index >= 15 is 0 Å². The minimum absolute atomic E-state index is 0.754. The summed E-state index contributed by atoms with van der Waals surface area (Å²) in [5.74, 6) is 0.754. The summed E-state index contributed by atoms with van der Waals surface area (Å²) in [7, 11) is 1.90. The van der Waals surface area contributed by atoms with Crippen molar-refractivity contribution in [1.29, 1.82) is 0 Å². The molecular weight excluding hydrogens is 226 g/mol. The molecule has 1 aromatic carbocycles. The van der Waals surface area contributed by atoms with Gasteiger partial charge in [0.05, 0.1) is 17.6 Å². The molecular formula is C13H13N5. The van der Waals surface area contributed by atoms with Gasteiger partial charge in [-0.15, -0.1) is 5.10 Å². The first kappa shape index (κ1) is 10.7. The Labute approximate surface area is 104 Å². The largest absolute Gasteiger partial charge is 0.335 e. The molecule has 0 saturated heterocycles. The highest BCUT2D eigenvalue weighted by Gasteiger charge is 2.07. The third kappa shape index (κ3) is 1.79. The number of hydrogen-bond donors (Lipinski definition) is 1. The molecule has 0 amide bonds. The molecule has 0 atom stereocenters. The molecule has 3 rings (SSSR count). The van der Waals surface area contributed by atoms with Gasteiger partial charge in [-0.25, -0.2) is 0 Å². The molecule has 0 aliphatic heterocycles. The standard InChI is InChI=1S/C13H13N5/c1-9-12(8-18(2)17-9)15-13-11-6-4-3-5-10(11)7-14-16-13/h3-8H,1-2H3,(H,15,16). The molecule has 3 aromatic rings. The Kier molecular flexibility index (Phi) is 2.44. The van der Waals surface area contributed by atoms with Gasteiger partial charge < -0.3 is 5.32 Å². The fourth-order valence-corrected chi connectivity index (χ4v) is 1.97. The van der Waals surface area contributed by atoms with E-state index in [2.05, 4.69) is 20.6 Å². The van der Waals surface area contributed by atoms with Crippen LogP contribution in [0.1, 0.15) is 5.69 Å². The van der Waals surface area contributed by atoms with Crippen LogP contribution in [0, 0.1) is 6.92 Å². The zero-order chi connectivity index (χ0) is 12.5. The molecule has 90 valence electrons. The van der Waals surface area contributed by atoms with Gasteiger partial charge in [-0.05, 0) is 6.92 Å². The van der Waals surface area contributed by atoms with Crippen molar-refractivity contribution in [1.82, 2.24) is 20.0 Å². The Hall–Kier alpha value is -2.43. The van der Waals surface area contributed by atoms with Gasteiger partial charge in [-0.3, -0.25) is 4.68 Å². The lowest BCUT2D eigenvalue weighted by Crippen LogP contribution is -1.96. The van der Waals surface area contributed by atoms with E-state index in [4.69, 9.17) is 0 Å². The second-order valence-electron chi connectivity index (χ2n) is 4.21. The van der Waals surface area contributed by atoms with Crippen molar-refractivity contribution in [3.63, 3.8) is 0 Å². The maximum absolute atomic E-state index is 4.29. The monoisotopic (exact) mass is 239 g/mol. The molecule has 1 N–H and O–H groups in total. The fourth-order valence-electron chi connectivity index (χ4n) is 1.97. The summed E-state index contributed by atoms with van der Waals surface area (Å²) in [6, 6.07) is 8.03. The number of nitrogens with one attached hydrogen (secondary N) is 1. The van der Waals surface area contributed by atoms with E-state index in [1.807, 2.05) is 44.4 Å². The van der Waals surface area contributed by atoms with Crippen LogP contribution >= 0.6 is 0 Å². The Morgan fingerprint density at radius 2 is 2.06 bits per heavy atom. The minimum Gasteiger partial charge on any atom is -0.335 e. The molecule has 5 nitrogen and oxygen atoms in total. The van der Waals surface area contributed by atoms with Crippen LogP contribution < -0.4 is 5.32 Å². The van der Waals surface area contributed by atoms with Crippen molar-refractivity contribution in [3.05, 3.63) is 42.4 Å². The summed E-state index contributed by atoms with van der Waals surface area (Å²) >= 11 is 0. The van der Waals surface area contributed by atoms with E-state index in [0.717, 1.165) is 28.0 Å². The number of benzene rings is 1. The number of anilines is 2. The number of aromatic nitrogens is 4. The maximum atomic E-state index is 4.29. The molecule has 0 spiro atoms. The van der Waals surface area contributed by atoms with E-state index < -0.39 is 0 Å². The second kappa shape index (κ2) is 4.10. The topological polar surface area (TPSA) is 55.6 Å². The van der Waals surface area contributed by atoms with Crippen molar-refractivity contribution < 1.29 is 0 Å². The first-order chi connectivity index (χ1) is 8.74. The summed E-state index contributed by atoms with van der Waals surface area (Å²) in [6.07, 6.45) is 3.69. The van der Waals surface area contributed by atoms with Gasteiger partial charge in [0.15, 0.2) is 5.82 Å². The van der Waals surface area contributed by atoms with Crippen LogP contribution in [0.5, 0.6) is 0 Å². The van der Waals surface area contributed by atoms with E-state index in [0.29, 0.717) is 0 Å². The highest BCUT2D eigenvalue weighted by atomic mass is 15.3. The third-order valence-electron chi connectivity index (χ3n) is 2.84. The number of fused-ring (bicyclic) bond motifs is 1. The van der Waals surface area contributed by atoms with Crippen molar-refractivity contribution in [2.24, 2.45) is 7.05 Å². The second-order valence-corrected chi connectivity index (χ2v) is 4.21. The molecule has 2 heterocycles. The average molecular weight is 239 g/mol. The SMILES string of the molecule is Cc1nn(C)cc1Nc1nncc2ccccc12. The molecule has 0 saturated carbocycles. The predicted octanol–water partition coefficient (Wildman–Crippen LogP) is 2.42. The summed E-state index contributed by atoms with van der Waals surface area (Å²) in [5.41, 5.74) is 1.88. The molecule has 0 radical (unpaired) electrons. The van der Waals surface area contributed by atoms with Crippen molar-refractivity contribution in [2.75, 3.05) is 5.32 Å². The minimum atomic E-state index is 0.754. The van der Waals surface area contributed by atoms with Gasteiger partial charge in [0.1, 0.15) is 0 Å². The van der Waals surface area contributed by atoms with E-state index in [9.17, 15) is 0 Å². The van der Waals surface area contributed by atoms with Crippen molar-refractivity contribution >= 4 is 22.3 Å². The maximum Gasteiger partial charge on any atom is 0.161 e. The normalized spacial score (nSPS) is 10.8. The number of rotatable bonds is 2. The quantitative estimate of drug-likeness (QED) is 0.746. The van der Waals surface area contributed by atoms with Crippen LogP contribution in [0.4, 0.5) is 11.5 Å². The Balaban J connectivity index is 2.07. The van der Waals surface area contributed by atoms with Gasteiger partial charge in [0, 0.05) is 24.0 Å². The van der Waals surface area contributed by atoms with Crippen LogP contribution in [-0.4, -0.2) is 20.0 Å². The molecule has 0 unspecified atom stereocenters. The third-order valence-corrected chi connectivity index (χ3v) is 2.84. The Bertz CT molecular complexity index is 696. The lowest BCUT2D eigenvalue weighted by molar-refractivity contribution is 0.756. The first-order valence-electron chi connectivity index (χ1n) is 5.72. The van der Waals surface area contributed by atoms with Gasteiger partial charge in [0.25, 0.3) is 0 Å². The number of nitrogens with zero attached hydrogens (tertiary/aromatic N) is 4. The van der Waals surface area contributed by atoms with Crippen LogP contribution in [0.25, 0.3) is 10.8 Å². The first-order valence-corrected chi connectivity index (χ1v) is 5.72. The van der Waals surface area contributed by atoms with Crippen molar-refractivity contribution in [3.8, 4) is 0 Å². The summed E-state index contributed by atoms with van der Waals surface area (Å²) < 4.78 is 1.77. The molecule has 0 fully saturated rings. The Morgan fingerprint density at radius 3 is 2.83 bits per heavy atom. The average Bonchev–Trinajstić information content (AvgIpc) is 2.68. The lowest BCUT2D eigenvalue weighted by Gasteiger charge is -2.06. The molecule has 5 heteroatoms. The number of aryl methyl sites for hydroxylation is 2. The molecule has 0 aliphatic carbocycles. The molecule has 0 bridgehead atoms. The van der Waals surface area contributed by atoms with Crippen LogP contribution in [0.15, 0.2) is 36.7 Å². The van der Waals surface area contributed by atoms with Gasteiger partial charge in [0.2, 0.25) is 0 Å². The van der Waals surface area contributed by atoms with Gasteiger partial charge in [-0.2, -0.15) is 10.2 Å². The van der Waals surface area contributed by atoms with Gasteiger partial charge >= 0.3 is 0 Å². The molecule has 2 aromatic heterocycles. The Morgan fingerprint density at radius 1 is 1.22 bits per heavy atom. The van der Waals surface area contributed by atoms with Crippen LogP contribution in [0.3, 0.4) is 0 Å².